The molecule has 3 unspecified atom stereocenters. The van der Waals surface area contributed by atoms with Crippen LogP contribution in [0.3, 0.4) is 0 Å². The van der Waals surface area contributed by atoms with Crippen LogP contribution in [0, 0.1) is 13.8 Å². The summed E-state index contributed by atoms with van der Waals surface area (Å²) in [6, 6.07) is 9.55. The quantitative estimate of drug-likeness (QED) is 0.901. The van der Waals surface area contributed by atoms with Crippen LogP contribution in [0.1, 0.15) is 55.8 Å². The highest BCUT2D eigenvalue weighted by atomic mass is 15.3. The van der Waals surface area contributed by atoms with Crippen LogP contribution in [0.4, 0.5) is 0 Å². The summed E-state index contributed by atoms with van der Waals surface area (Å²) in [5, 5.41) is 3.86. The number of hydrogen-bond acceptors (Lipinski definition) is 2. The summed E-state index contributed by atoms with van der Waals surface area (Å²) >= 11 is 0. The van der Waals surface area contributed by atoms with Crippen LogP contribution in [0.5, 0.6) is 0 Å². The van der Waals surface area contributed by atoms with Crippen molar-refractivity contribution in [2.75, 3.05) is 6.54 Å². The molecule has 20 heavy (non-hydrogen) atoms. The lowest BCUT2D eigenvalue weighted by Crippen LogP contribution is -2.35. The lowest BCUT2D eigenvalue weighted by Gasteiger charge is -2.22. The van der Waals surface area contributed by atoms with Gasteiger partial charge in [0.1, 0.15) is 0 Å². The Labute approximate surface area is 123 Å². The SMILES string of the molecule is Cc1ccc(C)c(C(C)NC2CC(C)N(C3CC3)C2)c1. The Balaban J connectivity index is 1.64. The first-order valence-corrected chi connectivity index (χ1v) is 8.13. The maximum Gasteiger partial charge on any atom is 0.0297 e. The van der Waals surface area contributed by atoms with Gasteiger partial charge in [-0.1, -0.05) is 23.8 Å². The Bertz CT molecular complexity index is 478. The minimum atomic E-state index is 0.450. The number of nitrogens with one attached hydrogen (secondary N) is 1. The summed E-state index contributed by atoms with van der Waals surface area (Å²) in [6.07, 6.45) is 4.14. The molecule has 2 heteroatoms. The molecule has 1 aliphatic heterocycles. The molecule has 1 heterocycles. The molecule has 0 aromatic heterocycles. The first-order valence-electron chi connectivity index (χ1n) is 8.13. The van der Waals surface area contributed by atoms with E-state index in [0.717, 1.165) is 12.1 Å². The van der Waals surface area contributed by atoms with Gasteiger partial charge in [-0.15, -0.1) is 0 Å². The monoisotopic (exact) mass is 272 g/mol. The molecule has 1 saturated carbocycles. The van der Waals surface area contributed by atoms with Crippen LogP contribution in [-0.2, 0) is 0 Å². The fraction of sp³-hybridized carbons (Fsp3) is 0.667. The molecule has 2 aliphatic rings. The smallest absolute Gasteiger partial charge is 0.0297 e. The van der Waals surface area contributed by atoms with E-state index in [2.05, 4.69) is 56.1 Å². The van der Waals surface area contributed by atoms with Gasteiger partial charge in [0.05, 0.1) is 0 Å². The van der Waals surface area contributed by atoms with Gasteiger partial charge in [0.15, 0.2) is 0 Å². The highest BCUT2D eigenvalue weighted by molar-refractivity contribution is 5.32. The predicted octanol–water partition coefficient (Wildman–Crippen LogP) is 3.58. The highest BCUT2D eigenvalue weighted by Gasteiger charge is 2.38. The second-order valence-corrected chi connectivity index (χ2v) is 6.96. The Morgan fingerprint density at radius 1 is 1.25 bits per heavy atom. The molecule has 1 aliphatic carbocycles. The number of rotatable bonds is 4. The molecule has 1 N–H and O–H groups in total. The Kier molecular flexibility index (Phi) is 3.87. The number of hydrogen-bond donors (Lipinski definition) is 1. The molecule has 1 saturated heterocycles. The molecule has 0 bridgehead atoms. The van der Waals surface area contributed by atoms with Gasteiger partial charge in [0.2, 0.25) is 0 Å². The maximum absolute atomic E-state index is 3.86. The van der Waals surface area contributed by atoms with Gasteiger partial charge in [0.25, 0.3) is 0 Å². The third-order valence-corrected chi connectivity index (χ3v) is 5.03. The van der Waals surface area contributed by atoms with Crippen molar-refractivity contribution in [1.29, 1.82) is 0 Å². The lowest BCUT2D eigenvalue weighted by atomic mass is 9.99. The summed E-state index contributed by atoms with van der Waals surface area (Å²) in [7, 11) is 0. The van der Waals surface area contributed by atoms with Crippen LogP contribution in [0.2, 0.25) is 0 Å². The topological polar surface area (TPSA) is 15.3 Å². The Hall–Kier alpha value is -0.860. The Morgan fingerprint density at radius 2 is 2.00 bits per heavy atom. The molecule has 0 spiro atoms. The molecule has 0 amide bonds. The standard InChI is InChI=1S/C18H28N2/c1-12-5-6-13(2)18(9-12)15(4)19-16-10-14(3)20(11-16)17-7-8-17/h5-6,9,14-17,19H,7-8,10-11H2,1-4H3. The van der Waals surface area contributed by atoms with Crippen LogP contribution in [0.25, 0.3) is 0 Å². The van der Waals surface area contributed by atoms with Gasteiger partial charge < -0.3 is 5.32 Å². The molecular formula is C18H28N2. The maximum atomic E-state index is 3.86. The van der Waals surface area contributed by atoms with Gasteiger partial charge in [-0.25, -0.2) is 0 Å². The zero-order valence-corrected chi connectivity index (χ0v) is 13.3. The van der Waals surface area contributed by atoms with E-state index in [0.29, 0.717) is 12.1 Å². The molecule has 3 atom stereocenters. The van der Waals surface area contributed by atoms with Gasteiger partial charge in [0, 0.05) is 30.7 Å². The van der Waals surface area contributed by atoms with Gasteiger partial charge in [-0.05, 0) is 58.1 Å². The minimum Gasteiger partial charge on any atom is -0.306 e. The van der Waals surface area contributed by atoms with E-state index in [1.165, 1.54) is 42.5 Å². The summed E-state index contributed by atoms with van der Waals surface area (Å²) in [5.74, 6) is 0. The third kappa shape index (κ3) is 2.91. The summed E-state index contributed by atoms with van der Waals surface area (Å²) in [4.78, 5) is 2.72. The molecular weight excluding hydrogens is 244 g/mol. The molecule has 1 aromatic rings. The van der Waals surface area contributed by atoms with Gasteiger partial charge in [-0.2, -0.15) is 0 Å². The van der Waals surface area contributed by atoms with Crippen molar-refractivity contribution in [1.82, 2.24) is 10.2 Å². The highest BCUT2D eigenvalue weighted by Crippen LogP contribution is 2.34. The molecule has 110 valence electrons. The summed E-state index contributed by atoms with van der Waals surface area (Å²) in [6.45, 7) is 10.3. The van der Waals surface area contributed by atoms with E-state index in [-0.39, 0.29) is 0 Å². The van der Waals surface area contributed by atoms with E-state index in [1.54, 1.807) is 0 Å². The van der Waals surface area contributed by atoms with Crippen LogP contribution in [-0.4, -0.2) is 29.6 Å². The van der Waals surface area contributed by atoms with E-state index in [9.17, 15) is 0 Å². The number of benzene rings is 1. The first-order chi connectivity index (χ1) is 9.54. The average molecular weight is 272 g/mol. The van der Waals surface area contributed by atoms with Crippen molar-refractivity contribution in [3.63, 3.8) is 0 Å². The molecule has 2 fully saturated rings. The van der Waals surface area contributed by atoms with Crippen molar-refractivity contribution in [3.05, 3.63) is 34.9 Å². The first kappa shape index (κ1) is 14.1. The van der Waals surface area contributed by atoms with Crippen molar-refractivity contribution < 1.29 is 0 Å². The molecule has 1 aromatic carbocycles. The van der Waals surface area contributed by atoms with E-state index >= 15 is 0 Å². The van der Waals surface area contributed by atoms with E-state index in [1.807, 2.05) is 0 Å². The van der Waals surface area contributed by atoms with Crippen LogP contribution >= 0.6 is 0 Å². The van der Waals surface area contributed by atoms with Crippen molar-refractivity contribution in [2.45, 2.75) is 71.1 Å². The van der Waals surface area contributed by atoms with Gasteiger partial charge >= 0.3 is 0 Å². The normalized spacial score (nSPS) is 28.8. The fourth-order valence-corrected chi connectivity index (χ4v) is 3.76. The number of nitrogens with zero attached hydrogens (tertiary/aromatic N) is 1. The molecule has 3 rings (SSSR count). The van der Waals surface area contributed by atoms with Crippen molar-refractivity contribution in [3.8, 4) is 0 Å². The zero-order valence-electron chi connectivity index (χ0n) is 13.3. The lowest BCUT2D eigenvalue weighted by molar-refractivity contribution is 0.254. The third-order valence-electron chi connectivity index (χ3n) is 5.03. The number of likely N-dealkylation sites (tertiary alicyclic amines) is 1. The van der Waals surface area contributed by atoms with Crippen LogP contribution < -0.4 is 5.32 Å². The second kappa shape index (κ2) is 5.50. The zero-order chi connectivity index (χ0) is 14.3. The minimum absolute atomic E-state index is 0.450. The molecule has 2 nitrogen and oxygen atoms in total. The van der Waals surface area contributed by atoms with Crippen LogP contribution in [0.15, 0.2) is 18.2 Å². The van der Waals surface area contributed by atoms with E-state index < -0.39 is 0 Å². The van der Waals surface area contributed by atoms with E-state index in [4.69, 9.17) is 0 Å². The summed E-state index contributed by atoms with van der Waals surface area (Å²) in [5.41, 5.74) is 4.22. The average Bonchev–Trinajstić information content (AvgIpc) is 3.17. The predicted molar refractivity (Wildman–Crippen MR) is 85.1 cm³/mol. The van der Waals surface area contributed by atoms with Crippen molar-refractivity contribution in [2.24, 2.45) is 0 Å². The van der Waals surface area contributed by atoms with Crippen molar-refractivity contribution >= 4 is 0 Å². The second-order valence-electron chi connectivity index (χ2n) is 6.96. The Morgan fingerprint density at radius 3 is 2.70 bits per heavy atom. The molecule has 0 radical (unpaired) electrons. The largest absolute Gasteiger partial charge is 0.306 e. The van der Waals surface area contributed by atoms with Gasteiger partial charge in [-0.3, -0.25) is 4.90 Å². The number of aryl methyl sites for hydroxylation is 2. The summed E-state index contributed by atoms with van der Waals surface area (Å²) < 4.78 is 0. The fourth-order valence-electron chi connectivity index (χ4n) is 3.76.